The number of hydrogen-bond acceptors (Lipinski definition) is 2. The maximum Gasteiger partial charge on any atom is 0.0486 e. The molecule has 3 nitrogen and oxygen atoms in total. The molecule has 2 aromatic heterocycles. The van der Waals surface area contributed by atoms with Gasteiger partial charge in [-0.05, 0) is 68.1 Å². The molecular weight excluding hydrogens is 354 g/mol. The summed E-state index contributed by atoms with van der Waals surface area (Å²) in [7, 11) is 2.22. The van der Waals surface area contributed by atoms with Crippen LogP contribution in [0.4, 0.5) is 0 Å². The van der Waals surface area contributed by atoms with E-state index in [1.54, 1.807) is 0 Å². The van der Waals surface area contributed by atoms with Gasteiger partial charge in [-0.3, -0.25) is 4.98 Å². The number of rotatable bonds is 4. The van der Waals surface area contributed by atoms with Crippen LogP contribution in [0.25, 0.3) is 10.9 Å². The first-order chi connectivity index (χ1) is 13.2. The molecular formula is C23H26ClN3. The third-order valence-electron chi connectivity index (χ3n) is 6.19. The Morgan fingerprint density at radius 3 is 2.74 bits per heavy atom. The Labute approximate surface area is 166 Å². The fourth-order valence-electron chi connectivity index (χ4n) is 4.43. The van der Waals surface area contributed by atoms with Crippen molar-refractivity contribution in [2.45, 2.75) is 44.6 Å². The number of likely N-dealkylation sites (N-methyl/N-ethyl adjacent to an activating group) is 1. The SMILES string of the molecule is CN1CCc2c(n(CCc3ccc(C4CC4)nc3)c3ccc(Cl)cc23)CC1. The van der Waals surface area contributed by atoms with Crippen LogP contribution in [-0.4, -0.2) is 34.6 Å². The normalized spacial score (nSPS) is 17.9. The molecule has 0 amide bonds. The summed E-state index contributed by atoms with van der Waals surface area (Å²) in [6.07, 6.45) is 7.94. The van der Waals surface area contributed by atoms with Gasteiger partial charge in [0, 0.05) is 65.5 Å². The number of hydrogen-bond donors (Lipinski definition) is 0. The summed E-state index contributed by atoms with van der Waals surface area (Å²) in [5.41, 5.74) is 6.93. The van der Waals surface area contributed by atoms with E-state index in [9.17, 15) is 0 Å². The quantitative estimate of drug-likeness (QED) is 0.646. The van der Waals surface area contributed by atoms with Crippen LogP contribution < -0.4 is 0 Å². The number of fused-ring (bicyclic) bond motifs is 3. The summed E-state index contributed by atoms with van der Waals surface area (Å²) in [4.78, 5) is 7.13. The molecule has 5 rings (SSSR count). The van der Waals surface area contributed by atoms with Crippen LogP contribution in [0.15, 0.2) is 36.5 Å². The average Bonchev–Trinajstić information content (AvgIpc) is 3.49. The van der Waals surface area contributed by atoms with E-state index in [0.29, 0.717) is 0 Å². The second-order valence-electron chi connectivity index (χ2n) is 8.16. The lowest BCUT2D eigenvalue weighted by Gasteiger charge is -2.14. The molecule has 0 bridgehead atoms. The van der Waals surface area contributed by atoms with E-state index in [0.717, 1.165) is 49.8 Å². The van der Waals surface area contributed by atoms with Gasteiger partial charge in [0.05, 0.1) is 0 Å². The third kappa shape index (κ3) is 3.39. The minimum absolute atomic E-state index is 0.727. The van der Waals surface area contributed by atoms with Gasteiger partial charge < -0.3 is 9.47 Å². The lowest BCUT2D eigenvalue weighted by molar-refractivity contribution is 0.351. The molecule has 0 N–H and O–H groups in total. The topological polar surface area (TPSA) is 21.1 Å². The molecule has 4 heteroatoms. The summed E-state index contributed by atoms with van der Waals surface area (Å²) in [5, 5.41) is 2.18. The van der Waals surface area contributed by atoms with Crippen LogP contribution >= 0.6 is 11.6 Å². The van der Waals surface area contributed by atoms with Gasteiger partial charge in [0.1, 0.15) is 0 Å². The fourth-order valence-corrected chi connectivity index (χ4v) is 4.60. The Kier molecular flexibility index (Phi) is 4.45. The molecule has 1 aliphatic carbocycles. The van der Waals surface area contributed by atoms with E-state index in [1.165, 1.54) is 46.3 Å². The van der Waals surface area contributed by atoms with Crippen molar-refractivity contribution in [2.75, 3.05) is 20.1 Å². The number of nitrogens with zero attached hydrogens (tertiary/aromatic N) is 3. The van der Waals surface area contributed by atoms with E-state index in [1.807, 2.05) is 6.07 Å². The second-order valence-corrected chi connectivity index (χ2v) is 8.59. The van der Waals surface area contributed by atoms with Gasteiger partial charge in [-0.15, -0.1) is 0 Å². The van der Waals surface area contributed by atoms with Crippen LogP contribution in [0, 0.1) is 0 Å². The molecule has 1 aromatic carbocycles. The van der Waals surface area contributed by atoms with E-state index in [-0.39, 0.29) is 0 Å². The van der Waals surface area contributed by atoms with Gasteiger partial charge >= 0.3 is 0 Å². The standard InChI is InChI=1S/C23H26ClN3/c1-26-11-9-19-20-14-18(24)5-7-22(20)27(23(19)10-12-26)13-8-16-2-6-21(25-15-16)17-3-4-17/h2,5-7,14-15,17H,3-4,8-13H2,1H3. The van der Waals surface area contributed by atoms with Crippen LogP contribution in [0.5, 0.6) is 0 Å². The van der Waals surface area contributed by atoms with Gasteiger partial charge in [0.15, 0.2) is 0 Å². The van der Waals surface area contributed by atoms with Crippen molar-refractivity contribution in [1.82, 2.24) is 14.5 Å². The van der Waals surface area contributed by atoms with Gasteiger partial charge in [-0.1, -0.05) is 17.7 Å². The fraction of sp³-hybridized carbons (Fsp3) is 0.435. The minimum Gasteiger partial charge on any atom is -0.344 e. The molecule has 1 fully saturated rings. The maximum absolute atomic E-state index is 6.33. The highest BCUT2D eigenvalue weighted by molar-refractivity contribution is 6.31. The molecule has 3 aromatic rings. The van der Waals surface area contributed by atoms with Crippen molar-refractivity contribution in [3.05, 3.63) is 64.1 Å². The van der Waals surface area contributed by atoms with Crippen molar-refractivity contribution in [1.29, 1.82) is 0 Å². The average molecular weight is 380 g/mol. The highest BCUT2D eigenvalue weighted by atomic mass is 35.5. The van der Waals surface area contributed by atoms with Crippen molar-refractivity contribution < 1.29 is 0 Å². The van der Waals surface area contributed by atoms with Gasteiger partial charge in [-0.25, -0.2) is 0 Å². The van der Waals surface area contributed by atoms with E-state index in [2.05, 4.69) is 47.0 Å². The van der Waals surface area contributed by atoms with Gasteiger partial charge in [0.25, 0.3) is 0 Å². The van der Waals surface area contributed by atoms with E-state index < -0.39 is 0 Å². The van der Waals surface area contributed by atoms with Crippen molar-refractivity contribution in [3.8, 4) is 0 Å². The maximum atomic E-state index is 6.33. The van der Waals surface area contributed by atoms with Crippen LogP contribution in [0.3, 0.4) is 0 Å². The number of pyridine rings is 1. The Morgan fingerprint density at radius 1 is 1.11 bits per heavy atom. The van der Waals surface area contributed by atoms with E-state index in [4.69, 9.17) is 16.6 Å². The number of benzene rings is 1. The predicted octanol–water partition coefficient (Wildman–Crippen LogP) is 4.84. The first-order valence-corrected chi connectivity index (χ1v) is 10.5. The zero-order valence-electron chi connectivity index (χ0n) is 15.9. The van der Waals surface area contributed by atoms with Crippen molar-refractivity contribution in [3.63, 3.8) is 0 Å². The minimum atomic E-state index is 0.727. The second kappa shape index (κ2) is 6.96. The smallest absolute Gasteiger partial charge is 0.0486 e. The van der Waals surface area contributed by atoms with Crippen LogP contribution in [-0.2, 0) is 25.8 Å². The van der Waals surface area contributed by atoms with Crippen LogP contribution in [0.2, 0.25) is 5.02 Å². The lowest BCUT2D eigenvalue weighted by atomic mass is 10.1. The highest BCUT2D eigenvalue weighted by Crippen LogP contribution is 2.38. The van der Waals surface area contributed by atoms with E-state index >= 15 is 0 Å². The molecule has 0 saturated heterocycles. The van der Waals surface area contributed by atoms with Crippen molar-refractivity contribution in [2.24, 2.45) is 0 Å². The monoisotopic (exact) mass is 379 g/mol. The Morgan fingerprint density at radius 2 is 1.96 bits per heavy atom. The Hall–Kier alpha value is -1.84. The summed E-state index contributed by atoms with van der Waals surface area (Å²) in [5.74, 6) is 0.727. The molecule has 140 valence electrons. The molecule has 2 aliphatic rings. The molecule has 0 unspecified atom stereocenters. The summed E-state index contributed by atoms with van der Waals surface area (Å²) >= 11 is 6.33. The number of halogens is 1. The molecule has 27 heavy (non-hydrogen) atoms. The first kappa shape index (κ1) is 17.3. The molecule has 1 aliphatic heterocycles. The number of aryl methyl sites for hydroxylation is 2. The predicted molar refractivity (Wildman–Crippen MR) is 112 cm³/mol. The number of aromatic nitrogens is 2. The summed E-state index contributed by atoms with van der Waals surface area (Å²) < 4.78 is 2.54. The summed E-state index contributed by atoms with van der Waals surface area (Å²) in [6, 6.07) is 10.9. The lowest BCUT2D eigenvalue weighted by Crippen LogP contribution is -2.21. The van der Waals surface area contributed by atoms with Gasteiger partial charge in [0.2, 0.25) is 0 Å². The molecule has 0 radical (unpaired) electrons. The first-order valence-electron chi connectivity index (χ1n) is 10.1. The van der Waals surface area contributed by atoms with Crippen molar-refractivity contribution >= 4 is 22.5 Å². The zero-order valence-corrected chi connectivity index (χ0v) is 16.7. The molecule has 0 atom stereocenters. The molecule has 1 saturated carbocycles. The van der Waals surface area contributed by atoms with Gasteiger partial charge in [-0.2, -0.15) is 0 Å². The van der Waals surface area contributed by atoms with Crippen LogP contribution in [0.1, 0.15) is 41.3 Å². The zero-order chi connectivity index (χ0) is 18.4. The third-order valence-corrected chi connectivity index (χ3v) is 6.42. The summed E-state index contributed by atoms with van der Waals surface area (Å²) in [6.45, 7) is 3.24. The molecule has 3 heterocycles. The molecule has 0 spiro atoms. The Bertz CT molecular complexity index is 969. The highest BCUT2D eigenvalue weighted by Gasteiger charge is 2.24. The Balaban J connectivity index is 1.46. The largest absolute Gasteiger partial charge is 0.344 e.